The van der Waals surface area contributed by atoms with E-state index in [0.29, 0.717) is 18.4 Å². The summed E-state index contributed by atoms with van der Waals surface area (Å²) in [5.74, 6) is 0.809. The molecule has 2 heterocycles. The summed E-state index contributed by atoms with van der Waals surface area (Å²) in [5.41, 5.74) is 0. The molecule has 7 heteroatoms. The van der Waals surface area contributed by atoms with E-state index in [2.05, 4.69) is 22.2 Å². The molecule has 0 spiro atoms. The quantitative estimate of drug-likeness (QED) is 0.884. The van der Waals surface area contributed by atoms with Gasteiger partial charge in [0.25, 0.3) is 0 Å². The Hall–Kier alpha value is -1.21. The lowest BCUT2D eigenvalue weighted by molar-refractivity contribution is 0.405. The number of nitrogens with one attached hydrogen (secondary N) is 1. The first-order valence-corrected chi connectivity index (χ1v) is 7.40. The molecule has 2 rings (SSSR count). The SMILES string of the molecule is CNc1ncc(S(=O)(=O)N2CC(C)CC2C)cn1. The van der Waals surface area contributed by atoms with Crippen molar-refractivity contribution in [3.05, 3.63) is 12.4 Å². The molecule has 1 aromatic rings. The minimum absolute atomic E-state index is 0.0361. The minimum Gasteiger partial charge on any atom is -0.357 e. The lowest BCUT2D eigenvalue weighted by Crippen LogP contribution is -2.34. The zero-order valence-corrected chi connectivity index (χ0v) is 11.6. The van der Waals surface area contributed by atoms with Gasteiger partial charge in [-0.3, -0.25) is 0 Å². The van der Waals surface area contributed by atoms with E-state index in [4.69, 9.17) is 0 Å². The van der Waals surface area contributed by atoms with Crippen LogP contribution in [-0.4, -0.2) is 42.3 Å². The van der Waals surface area contributed by atoms with Gasteiger partial charge in [-0.2, -0.15) is 4.31 Å². The van der Waals surface area contributed by atoms with Gasteiger partial charge >= 0.3 is 0 Å². The summed E-state index contributed by atoms with van der Waals surface area (Å²) in [7, 11) is -1.78. The lowest BCUT2D eigenvalue weighted by atomic mass is 10.1. The second-order valence-corrected chi connectivity index (χ2v) is 6.65. The predicted molar refractivity (Wildman–Crippen MR) is 68.7 cm³/mol. The molecule has 1 aliphatic heterocycles. The van der Waals surface area contributed by atoms with Gasteiger partial charge in [0.2, 0.25) is 16.0 Å². The Morgan fingerprint density at radius 2 is 1.94 bits per heavy atom. The summed E-state index contributed by atoms with van der Waals surface area (Å²) in [6.45, 7) is 4.56. The van der Waals surface area contributed by atoms with Crippen molar-refractivity contribution in [3.8, 4) is 0 Å². The second kappa shape index (κ2) is 4.81. The first-order valence-electron chi connectivity index (χ1n) is 5.96. The largest absolute Gasteiger partial charge is 0.357 e. The van der Waals surface area contributed by atoms with Gasteiger partial charge in [0.1, 0.15) is 4.90 Å². The lowest BCUT2D eigenvalue weighted by Gasteiger charge is -2.20. The molecule has 1 aliphatic rings. The summed E-state index contributed by atoms with van der Waals surface area (Å²) in [5, 5.41) is 2.76. The highest BCUT2D eigenvalue weighted by Gasteiger charge is 2.36. The zero-order valence-electron chi connectivity index (χ0n) is 10.8. The Morgan fingerprint density at radius 1 is 1.33 bits per heavy atom. The van der Waals surface area contributed by atoms with Gasteiger partial charge in [-0.1, -0.05) is 6.92 Å². The van der Waals surface area contributed by atoms with Gasteiger partial charge in [-0.05, 0) is 19.3 Å². The molecule has 0 bridgehead atoms. The molecule has 2 atom stereocenters. The van der Waals surface area contributed by atoms with Gasteiger partial charge in [-0.15, -0.1) is 0 Å². The van der Waals surface area contributed by atoms with Gasteiger partial charge in [0.05, 0.1) is 12.4 Å². The normalized spacial score (nSPS) is 25.3. The van der Waals surface area contributed by atoms with Crippen molar-refractivity contribution in [2.75, 3.05) is 18.9 Å². The maximum atomic E-state index is 12.4. The first kappa shape index (κ1) is 13.2. The summed E-state index contributed by atoms with van der Waals surface area (Å²) in [6, 6.07) is 0.0361. The zero-order chi connectivity index (χ0) is 13.3. The van der Waals surface area contributed by atoms with Crippen LogP contribution in [0.15, 0.2) is 17.3 Å². The van der Waals surface area contributed by atoms with Crippen molar-refractivity contribution in [1.29, 1.82) is 0 Å². The molecule has 0 radical (unpaired) electrons. The number of rotatable bonds is 3. The molecule has 1 aromatic heterocycles. The van der Waals surface area contributed by atoms with E-state index < -0.39 is 10.0 Å². The van der Waals surface area contributed by atoms with E-state index in [1.54, 1.807) is 7.05 Å². The molecule has 100 valence electrons. The van der Waals surface area contributed by atoms with Gasteiger partial charge in [-0.25, -0.2) is 18.4 Å². The standard InChI is InChI=1S/C11H18N4O2S/c1-8-4-9(2)15(7-8)18(16,17)10-5-13-11(12-3)14-6-10/h5-6,8-9H,4,7H2,1-3H3,(H,12,13,14). The maximum Gasteiger partial charge on any atom is 0.246 e. The topological polar surface area (TPSA) is 75.2 Å². The number of anilines is 1. The van der Waals surface area contributed by atoms with Crippen LogP contribution in [0.3, 0.4) is 0 Å². The van der Waals surface area contributed by atoms with E-state index in [0.717, 1.165) is 6.42 Å². The van der Waals surface area contributed by atoms with Crippen LogP contribution in [0.2, 0.25) is 0 Å². The van der Waals surface area contributed by atoms with Crippen molar-refractivity contribution < 1.29 is 8.42 Å². The van der Waals surface area contributed by atoms with Crippen LogP contribution in [0.5, 0.6) is 0 Å². The van der Waals surface area contributed by atoms with Crippen molar-refractivity contribution in [3.63, 3.8) is 0 Å². The molecular formula is C11H18N4O2S. The number of sulfonamides is 1. The molecule has 0 saturated carbocycles. The number of aromatic nitrogens is 2. The third kappa shape index (κ3) is 2.32. The fourth-order valence-electron chi connectivity index (χ4n) is 2.31. The molecule has 18 heavy (non-hydrogen) atoms. The Balaban J connectivity index is 2.30. The Labute approximate surface area is 107 Å². The molecule has 0 aromatic carbocycles. The summed E-state index contributed by atoms with van der Waals surface area (Å²) in [4.78, 5) is 8.06. The molecule has 1 saturated heterocycles. The minimum atomic E-state index is -3.47. The molecular weight excluding hydrogens is 252 g/mol. The average molecular weight is 270 g/mol. The Kier molecular flexibility index (Phi) is 3.54. The van der Waals surface area contributed by atoms with Crippen LogP contribution < -0.4 is 5.32 Å². The number of hydrogen-bond donors (Lipinski definition) is 1. The predicted octanol–water partition coefficient (Wildman–Crippen LogP) is 0.937. The molecule has 1 N–H and O–H groups in total. The van der Waals surface area contributed by atoms with Gasteiger partial charge in [0.15, 0.2) is 0 Å². The van der Waals surface area contributed by atoms with E-state index in [1.807, 2.05) is 6.92 Å². The van der Waals surface area contributed by atoms with Crippen LogP contribution >= 0.6 is 0 Å². The Bertz CT molecular complexity index is 514. The van der Waals surface area contributed by atoms with Crippen LogP contribution in [0.25, 0.3) is 0 Å². The molecule has 1 fully saturated rings. The smallest absolute Gasteiger partial charge is 0.246 e. The van der Waals surface area contributed by atoms with E-state index in [1.165, 1.54) is 16.7 Å². The molecule has 0 aliphatic carbocycles. The van der Waals surface area contributed by atoms with Crippen LogP contribution in [-0.2, 0) is 10.0 Å². The van der Waals surface area contributed by atoms with Crippen LogP contribution in [0.1, 0.15) is 20.3 Å². The fourth-order valence-corrected chi connectivity index (χ4v) is 3.96. The fraction of sp³-hybridized carbons (Fsp3) is 0.636. The average Bonchev–Trinajstić information content (AvgIpc) is 2.69. The van der Waals surface area contributed by atoms with E-state index in [9.17, 15) is 8.42 Å². The number of hydrogen-bond acceptors (Lipinski definition) is 5. The first-order chi connectivity index (χ1) is 8.45. The van der Waals surface area contributed by atoms with Crippen molar-refractivity contribution >= 4 is 16.0 Å². The third-order valence-electron chi connectivity index (χ3n) is 3.19. The van der Waals surface area contributed by atoms with Crippen molar-refractivity contribution in [2.24, 2.45) is 5.92 Å². The maximum absolute atomic E-state index is 12.4. The Morgan fingerprint density at radius 3 is 2.39 bits per heavy atom. The summed E-state index contributed by atoms with van der Waals surface area (Å²) in [6.07, 6.45) is 3.60. The van der Waals surface area contributed by atoms with Crippen molar-refractivity contribution in [2.45, 2.75) is 31.2 Å². The summed E-state index contributed by atoms with van der Waals surface area (Å²) >= 11 is 0. The molecule has 6 nitrogen and oxygen atoms in total. The number of nitrogens with zero attached hydrogens (tertiary/aromatic N) is 3. The summed E-state index contributed by atoms with van der Waals surface area (Å²) < 4.78 is 26.4. The monoisotopic (exact) mass is 270 g/mol. The van der Waals surface area contributed by atoms with Crippen molar-refractivity contribution in [1.82, 2.24) is 14.3 Å². The van der Waals surface area contributed by atoms with Crippen LogP contribution in [0.4, 0.5) is 5.95 Å². The van der Waals surface area contributed by atoms with Gasteiger partial charge in [0, 0.05) is 19.6 Å². The second-order valence-electron chi connectivity index (χ2n) is 4.76. The third-order valence-corrected chi connectivity index (χ3v) is 5.12. The highest BCUT2D eigenvalue weighted by Crippen LogP contribution is 2.28. The van der Waals surface area contributed by atoms with Gasteiger partial charge < -0.3 is 5.32 Å². The highest BCUT2D eigenvalue weighted by molar-refractivity contribution is 7.89. The van der Waals surface area contributed by atoms with E-state index >= 15 is 0 Å². The molecule has 2 unspecified atom stereocenters. The van der Waals surface area contributed by atoms with Crippen LogP contribution in [0, 0.1) is 5.92 Å². The highest BCUT2D eigenvalue weighted by atomic mass is 32.2. The molecule has 0 amide bonds. The van der Waals surface area contributed by atoms with E-state index in [-0.39, 0.29) is 10.9 Å².